The molecule has 0 bridgehead atoms. The molecule has 102 valence electrons. The average molecular weight is 273 g/mol. The molecule has 0 aliphatic heterocycles. The third-order valence-corrected chi connectivity index (χ3v) is 2.21. The molecule has 0 heterocycles. The molecule has 0 aliphatic carbocycles. The highest BCUT2D eigenvalue weighted by Gasteiger charge is 2.34. The van der Waals surface area contributed by atoms with Gasteiger partial charge in [-0.05, 0) is 25.1 Å². The minimum absolute atomic E-state index is 0.0374. The minimum Gasteiger partial charge on any atom is -0.478 e. The molecule has 2 N–H and O–H groups in total. The van der Waals surface area contributed by atoms with Crippen molar-refractivity contribution in [3.8, 4) is 0 Å². The van der Waals surface area contributed by atoms with Crippen molar-refractivity contribution in [2.45, 2.75) is 13.1 Å². The fourth-order valence-corrected chi connectivity index (χ4v) is 1.25. The fourth-order valence-electron chi connectivity index (χ4n) is 1.25. The third kappa shape index (κ3) is 3.57. The number of halogens is 3. The fraction of sp³-hybridized carbons (Fsp3) is 0.167. The van der Waals surface area contributed by atoms with Gasteiger partial charge in [0.15, 0.2) is 0 Å². The molecule has 0 saturated carbocycles. The van der Waals surface area contributed by atoms with E-state index < -0.39 is 34.9 Å². The van der Waals surface area contributed by atoms with E-state index in [-0.39, 0.29) is 5.57 Å². The lowest BCUT2D eigenvalue weighted by Crippen LogP contribution is -2.17. The Hall–Kier alpha value is -2.31. The van der Waals surface area contributed by atoms with Gasteiger partial charge in [-0.25, -0.2) is 4.79 Å². The van der Waals surface area contributed by atoms with E-state index in [0.29, 0.717) is 6.07 Å². The van der Waals surface area contributed by atoms with Crippen LogP contribution in [0.2, 0.25) is 0 Å². The summed E-state index contributed by atoms with van der Waals surface area (Å²) in [4.78, 5) is 22.0. The van der Waals surface area contributed by atoms with Gasteiger partial charge in [0, 0.05) is 5.57 Å². The summed E-state index contributed by atoms with van der Waals surface area (Å²) in [6.45, 7) is 4.64. The van der Waals surface area contributed by atoms with Crippen LogP contribution in [0.4, 0.5) is 18.9 Å². The quantitative estimate of drug-likeness (QED) is 0.832. The highest BCUT2D eigenvalue weighted by Crippen LogP contribution is 2.35. The summed E-state index contributed by atoms with van der Waals surface area (Å²) in [7, 11) is 0. The van der Waals surface area contributed by atoms with Gasteiger partial charge in [0.1, 0.15) is 0 Å². The number of alkyl halides is 3. The van der Waals surface area contributed by atoms with E-state index in [4.69, 9.17) is 5.11 Å². The predicted octanol–water partition coefficient (Wildman–Crippen LogP) is 2.92. The molecule has 0 aromatic heterocycles. The molecular formula is C12H10F3NO3. The van der Waals surface area contributed by atoms with Gasteiger partial charge in [0.25, 0.3) is 5.91 Å². The van der Waals surface area contributed by atoms with Crippen LogP contribution in [0.1, 0.15) is 22.8 Å². The largest absolute Gasteiger partial charge is 0.478 e. The molecule has 19 heavy (non-hydrogen) atoms. The number of carboxylic acids is 1. The predicted molar refractivity (Wildman–Crippen MR) is 61.8 cm³/mol. The molecule has 0 fully saturated rings. The lowest BCUT2D eigenvalue weighted by atomic mass is 10.1. The first kappa shape index (κ1) is 14.7. The Morgan fingerprint density at radius 1 is 1.32 bits per heavy atom. The standard InChI is InChI=1S/C12H10F3NO3/c1-6(2)10(17)16-9-4-3-7(11(18)19)5-8(9)12(13,14)15/h3-5H,1H2,2H3,(H,16,17)(H,18,19). The van der Waals surface area contributed by atoms with E-state index in [1.807, 2.05) is 5.32 Å². The molecule has 7 heteroatoms. The number of benzene rings is 1. The van der Waals surface area contributed by atoms with Crippen molar-refractivity contribution in [1.82, 2.24) is 0 Å². The molecule has 1 aromatic carbocycles. The smallest absolute Gasteiger partial charge is 0.418 e. The van der Waals surface area contributed by atoms with E-state index in [1.165, 1.54) is 6.92 Å². The molecule has 1 aromatic rings. The maximum Gasteiger partial charge on any atom is 0.418 e. The number of anilines is 1. The second-order valence-electron chi connectivity index (χ2n) is 3.80. The molecule has 1 amide bonds. The van der Waals surface area contributed by atoms with Crippen molar-refractivity contribution in [3.63, 3.8) is 0 Å². The third-order valence-electron chi connectivity index (χ3n) is 2.21. The maximum absolute atomic E-state index is 12.8. The van der Waals surface area contributed by atoms with Crippen molar-refractivity contribution in [2.24, 2.45) is 0 Å². The topological polar surface area (TPSA) is 66.4 Å². The van der Waals surface area contributed by atoms with Crippen LogP contribution < -0.4 is 5.32 Å². The van der Waals surface area contributed by atoms with Crippen LogP contribution in [0.5, 0.6) is 0 Å². The first-order valence-corrected chi connectivity index (χ1v) is 5.04. The van der Waals surface area contributed by atoms with Crippen molar-refractivity contribution in [2.75, 3.05) is 5.32 Å². The van der Waals surface area contributed by atoms with E-state index >= 15 is 0 Å². The number of hydrogen-bond acceptors (Lipinski definition) is 2. The molecular weight excluding hydrogens is 263 g/mol. The highest BCUT2D eigenvalue weighted by molar-refractivity contribution is 6.03. The summed E-state index contributed by atoms with van der Waals surface area (Å²) in [6, 6.07) is 2.34. The van der Waals surface area contributed by atoms with E-state index in [2.05, 4.69) is 6.58 Å². The SMILES string of the molecule is C=C(C)C(=O)Nc1ccc(C(=O)O)cc1C(F)(F)F. The van der Waals surface area contributed by atoms with Gasteiger partial charge >= 0.3 is 12.1 Å². The molecule has 0 aliphatic rings. The minimum atomic E-state index is -4.77. The Morgan fingerprint density at radius 3 is 2.32 bits per heavy atom. The lowest BCUT2D eigenvalue weighted by Gasteiger charge is -2.14. The number of amides is 1. The van der Waals surface area contributed by atoms with Crippen LogP contribution in [0.3, 0.4) is 0 Å². The average Bonchev–Trinajstić information content (AvgIpc) is 2.27. The monoisotopic (exact) mass is 273 g/mol. The molecule has 0 atom stereocenters. The summed E-state index contributed by atoms with van der Waals surface area (Å²) in [5, 5.41) is 10.7. The van der Waals surface area contributed by atoms with E-state index in [1.54, 1.807) is 0 Å². The van der Waals surface area contributed by atoms with Crippen molar-refractivity contribution in [1.29, 1.82) is 0 Å². The van der Waals surface area contributed by atoms with Gasteiger partial charge in [0.05, 0.1) is 16.8 Å². The summed E-state index contributed by atoms with van der Waals surface area (Å²) >= 11 is 0. The van der Waals surface area contributed by atoms with Crippen molar-refractivity contribution >= 4 is 17.6 Å². The summed E-state index contributed by atoms with van der Waals surface area (Å²) < 4.78 is 38.3. The van der Waals surface area contributed by atoms with Gasteiger partial charge < -0.3 is 10.4 Å². The summed E-state index contributed by atoms with van der Waals surface area (Å²) in [5.41, 5.74) is -2.21. The van der Waals surface area contributed by atoms with Gasteiger partial charge in [-0.1, -0.05) is 6.58 Å². The molecule has 0 unspecified atom stereocenters. The van der Waals surface area contributed by atoms with Gasteiger partial charge in [-0.3, -0.25) is 4.79 Å². The number of aromatic carboxylic acids is 1. The zero-order valence-electron chi connectivity index (χ0n) is 9.84. The van der Waals surface area contributed by atoms with Gasteiger partial charge in [-0.2, -0.15) is 13.2 Å². The number of carbonyl (C=O) groups excluding carboxylic acids is 1. The van der Waals surface area contributed by atoms with Crippen LogP contribution in [-0.2, 0) is 11.0 Å². The molecule has 4 nitrogen and oxygen atoms in total. The molecule has 1 rings (SSSR count). The number of carboxylic acid groups (broad SMARTS) is 1. The Bertz CT molecular complexity index is 550. The van der Waals surface area contributed by atoms with E-state index in [9.17, 15) is 22.8 Å². The first-order valence-electron chi connectivity index (χ1n) is 5.04. The zero-order chi connectivity index (χ0) is 14.8. The van der Waals surface area contributed by atoms with Gasteiger partial charge in [0.2, 0.25) is 0 Å². The zero-order valence-corrected chi connectivity index (χ0v) is 9.84. The summed E-state index contributed by atoms with van der Waals surface area (Å²) in [5.74, 6) is -2.25. The van der Waals surface area contributed by atoms with Crippen LogP contribution in [0, 0.1) is 0 Å². The molecule has 0 spiro atoms. The highest BCUT2D eigenvalue weighted by atomic mass is 19.4. The number of rotatable bonds is 3. The van der Waals surface area contributed by atoms with Crippen LogP contribution >= 0.6 is 0 Å². The van der Waals surface area contributed by atoms with Crippen LogP contribution in [0.15, 0.2) is 30.4 Å². The molecule has 0 radical (unpaired) electrons. The van der Waals surface area contributed by atoms with Crippen LogP contribution in [-0.4, -0.2) is 17.0 Å². The maximum atomic E-state index is 12.8. The van der Waals surface area contributed by atoms with Crippen LogP contribution in [0.25, 0.3) is 0 Å². The second-order valence-corrected chi connectivity index (χ2v) is 3.80. The lowest BCUT2D eigenvalue weighted by molar-refractivity contribution is -0.137. The number of carbonyl (C=O) groups is 2. The second kappa shape index (κ2) is 5.13. The summed E-state index contributed by atoms with van der Waals surface area (Å²) in [6.07, 6.45) is -4.77. The number of hydrogen-bond donors (Lipinski definition) is 2. The normalized spacial score (nSPS) is 10.9. The number of nitrogens with one attached hydrogen (secondary N) is 1. The van der Waals surface area contributed by atoms with Gasteiger partial charge in [-0.15, -0.1) is 0 Å². The Balaban J connectivity index is 3.28. The Kier molecular flexibility index (Phi) is 3.98. The first-order chi connectivity index (χ1) is 8.62. The Morgan fingerprint density at radius 2 is 1.89 bits per heavy atom. The van der Waals surface area contributed by atoms with E-state index in [0.717, 1.165) is 12.1 Å². The molecule has 0 saturated heterocycles. The van der Waals surface area contributed by atoms with Crippen molar-refractivity contribution < 1.29 is 27.9 Å². The van der Waals surface area contributed by atoms with Crippen molar-refractivity contribution in [3.05, 3.63) is 41.5 Å². The Labute approximate surface area is 106 Å².